The van der Waals surface area contributed by atoms with Crippen molar-refractivity contribution in [2.24, 2.45) is 0 Å². The van der Waals surface area contributed by atoms with Gasteiger partial charge >= 0.3 is 0 Å². The Hall–Kier alpha value is -0.730. The maximum absolute atomic E-state index is 10.5. The third-order valence-corrected chi connectivity index (χ3v) is 4.17. The SMILES string of the molecule is Cc1cc(Cl)c(C(O)c2c(Cl)cccc2Cl)cc1C. The summed E-state index contributed by atoms with van der Waals surface area (Å²) in [5.74, 6) is 0. The molecule has 1 atom stereocenters. The summed E-state index contributed by atoms with van der Waals surface area (Å²) in [5, 5.41) is 11.9. The zero-order chi connectivity index (χ0) is 14.2. The third kappa shape index (κ3) is 2.90. The van der Waals surface area contributed by atoms with Crippen LogP contribution in [0.4, 0.5) is 0 Å². The lowest BCUT2D eigenvalue weighted by atomic mass is 9.97. The molecule has 0 aliphatic carbocycles. The monoisotopic (exact) mass is 314 g/mol. The Morgan fingerprint density at radius 2 is 1.42 bits per heavy atom. The molecule has 2 aromatic carbocycles. The standard InChI is InChI=1S/C15H13Cl3O/c1-8-6-10(13(18)7-9(8)2)15(19)14-11(16)4-3-5-12(14)17/h3-7,15,19H,1-2H3. The van der Waals surface area contributed by atoms with Gasteiger partial charge in [0.05, 0.1) is 0 Å². The van der Waals surface area contributed by atoms with Crippen molar-refractivity contribution in [2.75, 3.05) is 0 Å². The van der Waals surface area contributed by atoms with Crippen LogP contribution in [0.15, 0.2) is 30.3 Å². The number of aliphatic hydroxyl groups is 1. The van der Waals surface area contributed by atoms with Crippen molar-refractivity contribution in [3.63, 3.8) is 0 Å². The molecule has 0 fully saturated rings. The average molecular weight is 316 g/mol. The van der Waals surface area contributed by atoms with Gasteiger partial charge in [0.2, 0.25) is 0 Å². The fourth-order valence-electron chi connectivity index (χ4n) is 1.94. The first-order chi connectivity index (χ1) is 8.91. The molecule has 0 heterocycles. The number of benzene rings is 2. The highest BCUT2D eigenvalue weighted by Gasteiger charge is 2.20. The summed E-state index contributed by atoms with van der Waals surface area (Å²) in [5.41, 5.74) is 3.23. The van der Waals surface area contributed by atoms with E-state index in [0.717, 1.165) is 11.1 Å². The van der Waals surface area contributed by atoms with Crippen LogP contribution in [0.5, 0.6) is 0 Å². The van der Waals surface area contributed by atoms with Gasteiger partial charge in [-0.1, -0.05) is 46.9 Å². The van der Waals surface area contributed by atoms with Gasteiger partial charge in [-0.15, -0.1) is 0 Å². The smallest absolute Gasteiger partial charge is 0.108 e. The summed E-state index contributed by atoms with van der Waals surface area (Å²) in [4.78, 5) is 0. The first kappa shape index (κ1) is 14.7. The van der Waals surface area contributed by atoms with Gasteiger partial charge in [-0.05, 0) is 43.2 Å². The minimum absolute atomic E-state index is 0.425. The van der Waals surface area contributed by atoms with Crippen molar-refractivity contribution in [3.8, 4) is 0 Å². The van der Waals surface area contributed by atoms with Crippen molar-refractivity contribution in [2.45, 2.75) is 20.0 Å². The molecule has 0 radical (unpaired) electrons. The minimum atomic E-state index is -0.937. The molecular formula is C15H13Cl3O. The van der Waals surface area contributed by atoms with Crippen LogP contribution in [0.2, 0.25) is 15.1 Å². The topological polar surface area (TPSA) is 20.2 Å². The van der Waals surface area contributed by atoms with Gasteiger partial charge in [0.25, 0.3) is 0 Å². The number of halogens is 3. The maximum atomic E-state index is 10.5. The van der Waals surface area contributed by atoms with Crippen molar-refractivity contribution >= 4 is 34.8 Å². The summed E-state index contributed by atoms with van der Waals surface area (Å²) in [6.45, 7) is 3.94. The van der Waals surface area contributed by atoms with E-state index in [-0.39, 0.29) is 0 Å². The molecule has 0 bridgehead atoms. The molecule has 0 saturated carbocycles. The van der Waals surface area contributed by atoms with E-state index in [1.54, 1.807) is 18.2 Å². The molecule has 0 amide bonds. The summed E-state index contributed by atoms with van der Waals surface area (Å²) < 4.78 is 0. The Labute approximate surface area is 127 Å². The average Bonchev–Trinajstić information content (AvgIpc) is 2.33. The van der Waals surface area contributed by atoms with Crippen LogP contribution >= 0.6 is 34.8 Å². The van der Waals surface area contributed by atoms with Gasteiger partial charge in [0, 0.05) is 26.2 Å². The highest BCUT2D eigenvalue weighted by Crippen LogP contribution is 2.37. The van der Waals surface area contributed by atoms with Crippen molar-refractivity contribution < 1.29 is 5.11 Å². The second kappa shape index (κ2) is 5.72. The van der Waals surface area contributed by atoms with E-state index in [1.165, 1.54) is 0 Å². The summed E-state index contributed by atoms with van der Waals surface area (Å²) >= 11 is 18.4. The van der Waals surface area contributed by atoms with Crippen LogP contribution in [-0.2, 0) is 0 Å². The fourth-order valence-corrected chi connectivity index (χ4v) is 2.87. The first-order valence-electron chi connectivity index (χ1n) is 5.80. The van der Waals surface area contributed by atoms with Crippen LogP contribution in [0.25, 0.3) is 0 Å². The quantitative estimate of drug-likeness (QED) is 0.792. The normalized spacial score (nSPS) is 12.5. The minimum Gasteiger partial charge on any atom is -0.383 e. The number of aryl methyl sites for hydroxylation is 2. The van der Waals surface area contributed by atoms with Gasteiger partial charge in [0.1, 0.15) is 6.10 Å². The molecule has 1 nitrogen and oxygen atoms in total. The summed E-state index contributed by atoms with van der Waals surface area (Å²) in [6.07, 6.45) is -0.937. The molecule has 0 aliphatic rings. The van der Waals surface area contributed by atoms with Crippen LogP contribution < -0.4 is 0 Å². The van der Waals surface area contributed by atoms with E-state index in [4.69, 9.17) is 34.8 Å². The predicted octanol–water partition coefficient (Wildman–Crippen LogP) is 5.35. The molecule has 100 valence electrons. The Morgan fingerprint density at radius 1 is 0.895 bits per heavy atom. The lowest BCUT2D eigenvalue weighted by molar-refractivity contribution is 0.220. The lowest BCUT2D eigenvalue weighted by Crippen LogP contribution is -2.03. The number of rotatable bonds is 2. The Kier molecular flexibility index (Phi) is 4.42. The second-order valence-electron chi connectivity index (χ2n) is 4.50. The van der Waals surface area contributed by atoms with Crippen molar-refractivity contribution in [3.05, 3.63) is 67.7 Å². The van der Waals surface area contributed by atoms with E-state index in [9.17, 15) is 5.11 Å². The van der Waals surface area contributed by atoms with E-state index >= 15 is 0 Å². The van der Waals surface area contributed by atoms with E-state index < -0.39 is 6.10 Å². The van der Waals surface area contributed by atoms with Crippen LogP contribution in [0, 0.1) is 13.8 Å². The first-order valence-corrected chi connectivity index (χ1v) is 6.94. The van der Waals surface area contributed by atoms with Gasteiger partial charge in [-0.25, -0.2) is 0 Å². The van der Waals surface area contributed by atoms with Crippen LogP contribution in [0.1, 0.15) is 28.4 Å². The summed E-state index contributed by atoms with van der Waals surface area (Å²) in [6, 6.07) is 8.83. The molecule has 19 heavy (non-hydrogen) atoms. The van der Waals surface area contributed by atoms with Crippen LogP contribution in [0.3, 0.4) is 0 Å². The molecule has 1 unspecified atom stereocenters. The largest absolute Gasteiger partial charge is 0.383 e. The zero-order valence-corrected chi connectivity index (χ0v) is 12.8. The number of hydrogen-bond donors (Lipinski definition) is 1. The molecule has 2 aromatic rings. The zero-order valence-electron chi connectivity index (χ0n) is 10.5. The van der Waals surface area contributed by atoms with E-state index in [2.05, 4.69) is 0 Å². The molecule has 0 spiro atoms. The molecular weight excluding hydrogens is 303 g/mol. The Morgan fingerprint density at radius 3 is 2.00 bits per heavy atom. The highest BCUT2D eigenvalue weighted by atomic mass is 35.5. The van der Waals surface area contributed by atoms with Gasteiger partial charge < -0.3 is 5.11 Å². The number of hydrogen-bond acceptors (Lipinski definition) is 1. The van der Waals surface area contributed by atoms with Crippen molar-refractivity contribution in [1.82, 2.24) is 0 Å². The fraction of sp³-hybridized carbons (Fsp3) is 0.200. The maximum Gasteiger partial charge on any atom is 0.108 e. The lowest BCUT2D eigenvalue weighted by Gasteiger charge is -2.17. The van der Waals surface area contributed by atoms with E-state index in [0.29, 0.717) is 26.2 Å². The van der Waals surface area contributed by atoms with Gasteiger partial charge in [-0.2, -0.15) is 0 Å². The van der Waals surface area contributed by atoms with Gasteiger partial charge in [-0.3, -0.25) is 0 Å². The van der Waals surface area contributed by atoms with E-state index in [1.807, 2.05) is 26.0 Å². The van der Waals surface area contributed by atoms with Crippen molar-refractivity contribution in [1.29, 1.82) is 0 Å². The molecule has 4 heteroatoms. The third-order valence-electron chi connectivity index (χ3n) is 3.18. The second-order valence-corrected chi connectivity index (χ2v) is 5.72. The Balaban J connectivity index is 2.56. The summed E-state index contributed by atoms with van der Waals surface area (Å²) in [7, 11) is 0. The predicted molar refractivity (Wildman–Crippen MR) is 81.4 cm³/mol. The van der Waals surface area contributed by atoms with Crippen LogP contribution in [-0.4, -0.2) is 5.11 Å². The Bertz CT molecular complexity index is 603. The molecule has 0 aliphatic heterocycles. The highest BCUT2D eigenvalue weighted by molar-refractivity contribution is 6.36. The molecule has 0 aromatic heterocycles. The van der Waals surface area contributed by atoms with Gasteiger partial charge in [0.15, 0.2) is 0 Å². The molecule has 2 rings (SSSR count). The number of aliphatic hydroxyl groups excluding tert-OH is 1. The molecule has 0 saturated heterocycles. The molecule has 1 N–H and O–H groups in total.